The lowest BCUT2D eigenvalue weighted by Crippen LogP contribution is -2.21. The third-order valence-electron chi connectivity index (χ3n) is 2.82. The first-order valence-electron chi connectivity index (χ1n) is 5.84. The number of carbonyl (C=O) groups excluding carboxylic acids is 1. The standard InChI is InChI=1S/C12H15BrClNO3S/c1-3-8(4-2)12(16)15-9-5-6-11(10(13)7-9)19(14,17)18/h5-8H,3-4H2,1-2H3,(H,15,16). The smallest absolute Gasteiger partial charge is 0.262 e. The number of rotatable bonds is 5. The van der Waals surface area contributed by atoms with Gasteiger partial charge in [-0.2, -0.15) is 0 Å². The zero-order chi connectivity index (χ0) is 14.6. The Labute approximate surface area is 126 Å². The van der Waals surface area contributed by atoms with Crippen LogP contribution in [0.25, 0.3) is 0 Å². The fourth-order valence-electron chi connectivity index (χ4n) is 1.68. The number of hydrogen-bond acceptors (Lipinski definition) is 3. The van der Waals surface area contributed by atoms with Crippen LogP contribution in [0, 0.1) is 5.92 Å². The Morgan fingerprint density at radius 1 is 1.37 bits per heavy atom. The summed E-state index contributed by atoms with van der Waals surface area (Å²) in [6, 6.07) is 4.39. The maximum Gasteiger partial charge on any atom is 0.262 e. The quantitative estimate of drug-likeness (QED) is 0.805. The number of hydrogen-bond donors (Lipinski definition) is 1. The van der Waals surface area contributed by atoms with E-state index >= 15 is 0 Å². The molecule has 0 aliphatic rings. The third kappa shape index (κ3) is 4.47. The molecule has 0 bridgehead atoms. The molecular formula is C12H15BrClNO3S. The first-order chi connectivity index (χ1) is 8.79. The summed E-state index contributed by atoms with van der Waals surface area (Å²) in [5.74, 6) is -0.117. The van der Waals surface area contributed by atoms with Crippen molar-refractivity contribution in [3.8, 4) is 0 Å². The highest BCUT2D eigenvalue weighted by molar-refractivity contribution is 9.10. The second-order valence-electron chi connectivity index (χ2n) is 4.09. The highest BCUT2D eigenvalue weighted by atomic mass is 79.9. The molecule has 0 aliphatic heterocycles. The van der Waals surface area contributed by atoms with E-state index in [1.807, 2.05) is 13.8 Å². The first kappa shape index (κ1) is 16.5. The summed E-state index contributed by atoms with van der Waals surface area (Å²) >= 11 is 3.13. The molecule has 1 aromatic rings. The molecule has 0 fully saturated rings. The van der Waals surface area contributed by atoms with Gasteiger partial charge < -0.3 is 5.32 Å². The molecule has 0 aromatic heterocycles. The molecule has 0 heterocycles. The molecule has 0 atom stereocenters. The summed E-state index contributed by atoms with van der Waals surface area (Å²) in [4.78, 5) is 11.9. The van der Waals surface area contributed by atoms with Gasteiger partial charge in [-0.3, -0.25) is 4.79 Å². The van der Waals surface area contributed by atoms with E-state index in [0.29, 0.717) is 10.2 Å². The fraction of sp³-hybridized carbons (Fsp3) is 0.417. The molecule has 4 nitrogen and oxygen atoms in total. The Kier molecular flexibility index (Phi) is 5.82. The van der Waals surface area contributed by atoms with Crippen LogP contribution in [0.15, 0.2) is 27.6 Å². The zero-order valence-corrected chi connectivity index (χ0v) is 13.8. The van der Waals surface area contributed by atoms with E-state index in [2.05, 4.69) is 21.2 Å². The molecule has 0 spiro atoms. The molecule has 0 aliphatic carbocycles. The number of anilines is 1. The van der Waals surface area contributed by atoms with Gasteiger partial charge in [0, 0.05) is 26.8 Å². The van der Waals surface area contributed by atoms with Crippen molar-refractivity contribution < 1.29 is 13.2 Å². The van der Waals surface area contributed by atoms with Gasteiger partial charge in [-0.1, -0.05) is 13.8 Å². The Morgan fingerprint density at radius 3 is 2.37 bits per heavy atom. The van der Waals surface area contributed by atoms with E-state index in [-0.39, 0.29) is 16.7 Å². The van der Waals surface area contributed by atoms with E-state index in [9.17, 15) is 13.2 Å². The van der Waals surface area contributed by atoms with E-state index < -0.39 is 9.05 Å². The van der Waals surface area contributed by atoms with Crippen LogP contribution in [0.2, 0.25) is 0 Å². The lowest BCUT2D eigenvalue weighted by molar-refractivity contribution is -0.120. The Morgan fingerprint density at radius 2 is 1.95 bits per heavy atom. The first-order valence-corrected chi connectivity index (χ1v) is 8.94. The van der Waals surface area contributed by atoms with Crippen molar-refractivity contribution in [3.63, 3.8) is 0 Å². The van der Waals surface area contributed by atoms with Crippen LogP contribution in [0.1, 0.15) is 26.7 Å². The monoisotopic (exact) mass is 367 g/mol. The van der Waals surface area contributed by atoms with Crippen molar-refractivity contribution in [2.75, 3.05) is 5.32 Å². The van der Waals surface area contributed by atoms with E-state index in [1.54, 1.807) is 0 Å². The van der Waals surface area contributed by atoms with Gasteiger partial charge in [0.05, 0.1) is 4.90 Å². The highest BCUT2D eigenvalue weighted by Gasteiger charge is 2.17. The summed E-state index contributed by atoms with van der Waals surface area (Å²) in [7, 11) is 1.48. The van der Waals surface area contributed by atoms with Crippen LogP contribution < -0.4 is 5.32 Å². The van der Waals surface area contributed by atoms with Crippen molar-refractivity contribution in [2.45, 2.75) is 31.6 Å². The fourth-order valence-corrected chi connectivity index (χ4v) is 3.90. The SMILES string of the molecule is CCC(CC)C(=O)Nc1ccc(S(=O)(=O)Cl)c(Br)c1. The largest absolute Gasteiger partial charge is 0.326 e. The van der Waals surface area contributed by atoms with Gasteiger partial charge in [-0.15, -0.1) is 0 Å². The summed E-state index contributed by atoms with van der Waals surface area (Å²) in [6.07, 6.45) is 1.52. The number of nitrogens with one attached hydrogen (secondary N) is 1. The summed E-state index contributed by atoms with van der Waals surface area (Å²) in [5, 5.41) is 2.76. The third-order valence-corrected chi connectivity index (χ3v) is 5.12. The van der Waals surface area contributed by atoms with Crippen molar-refractivity contribution in [1.29, 1.82) is 0 Å². The number of carbonyl (C=O) groups is 1. The van der Waals surface area contributed by atoms with Gasteiger partial charge >= 0.3 is 0 Å². The molecule has 0 saturated carbocycles. The average molecular weight is 369 g/mol. The second-order valence-corrected chi connectivity index (χ2v) is 7.47. The van der Waals surface area contributed by atoms with E-state index in [4.69, 9.17) is 10.7 Å². The molecule has 1 N–H and O–H groups in total. The molecule has 0 radical (unpaired) electrons. The van der Waals surface area contributed by atoms with Gasteiger partial charge in [-0.05, 0) is 47.0 Å². The van der Waals surface area contributed by atoms with Crippen LogP contribution >= 0.6 is 26.6 Å². The summed E-state index contributed by atoms with van der Waals surface area (Å²) in [5.41, 5.74) is 0.535. The number of amides is 1. The van der Waals surface area contributed by atoms with Crippen LogP contribution in [0.3, 0.4) is 0 Å². The lowest BCUT2D eigenvalue weighted by atomic mass is 10.0. The minimum Gasteiger partial charge on any atom is -0.326 e. The van der Waals surface area contributed by atoms with E-state index in [1.165, 1.54) is 18.2 Å². The highest BCUT2D eigenvalue weighted by Crippen LogP contribution is 2.28. The second kappa shape index (κ2) is 6.72. The van der Waals surface area contributed by atoms with Crippen molar-refractivity contribution in [3.05, 3.63) is 22.7 Å². The summed E-state index contributed by atoms with van der Waals surface area (Å²) in [6.45, 7) is 3.90. The van der Waals surface area contributed by atoms with Crippen LogP contribution in [0.5, 0.6) is 0 Å². The minimum atomic E-state index is -3.79. The normalized spacial score (nSPS) is 11.6. The maximum absolute atomic E-state index is 11.9. The minimum absolute atomic E-state index is 0.0188. The molecule has 106 valence electrons. The van der Waals surface area contributed by atoms with Crippen LogP contribution in [-0.2, 0) is 13.8 Å². The van der Waals surface area contributed by atoms with Gasteiger partial charge in [0.2, 0.25) is 5.91 Å². The predicted molar refractivity (Wildman–Crippen MR) is 79.9 cm³/mol. The zero-order valence-electron chi connectivity index (χ0n) is 10.6. The molecule has 19 heavy (non-hydrogen) atoms. The Bertz CT molecular complexity index is 570. The molecule has 1 amide bonds. The molecule has 0 saturated heterocycles. The van der Waals surface area contributed by atoms with Gasteiger partial charge in [-0.25, -0.2) is 8.42 Å². The molecule has 1 aromatic carbocycles. The van der Waals surface area contributed by atoms with Gasteiger partial charge in [0.1, 0.15) is 0 Å². The van der Waals surface area contributed by atoms with Gasteiger partial charge in [0.15, 0.2) is 0 Å². The topological polar surface area (TPSA) is 63.2 Å². The molecular weight excluding hydrogens is 354 g/mol. The number of halogens is 2. The molecule has 1 rings (SSSR count). The summed E-state index contributed by atoms with van der Waals surface area (Å²) < 4.78 is 22.8. The molecule has 0 unspecified atom stereocenters. The molecule has 7 heteroatoms. The Balaban J connectivity index is 2.94. The van der Waals surface area contributed by atoms with Crippen molar-refractivity contribution >= 4 is 47.3 Å². The van der Waals surface area contributed by atoms with Crippen LogP contribution in [0.4, 0.5) is 5.69 Å². The maximum atomic E-state index is 11.9. The van der Waals surface area contributed by atoms with Crippen LogP contribution in [-0.4, -0.2) is 14.3 Å². The number of benzene rings is 1. The van der Waals surface area contributed by atoms with E-state index in [0.717, 1.165) is 12.8 Å². The average Bonchev–Trinajstić information content (AvgIpc) is 2.28. The van der Waals surface area contributed by atoms with Crippen molar-refractivity contribution in [1.82, 2.24) is 0 Å². The van der Waals surface area contributed by atoms with Crippen molar-refractivity contribution in [2.24, 2.45) is 5.92 Å². The van der Waals surface area contributed by atoms with Gasteiger partial charge in [0.25, 0.3) is 9.05 Å². The Hall–Kier alpha value is -0.590. The lowest BCUT2D eigenvalue weighted by Gasteiger charge is -2.13. The predicted octanol–water partition coefficient (Wildman–Crippen LogP) is 3.75.